The number of fused-ring (bicyclic) bond motifs is 1. The molecule has 0 atom stereocenters. The van der Waals surface area contributed by atoms with Crippen LogP contribution in [0.4, 0.5) is 0 Å². The second-order valence-electron chi connectivity index (χ2n) is 2.82. The zero-order chi connectivity index (χ0) is 9.26. The van der Waals surface area contributed by atoms with Crippen LogP contribution in [-0.4, -0.2) is 10.1 Å². The zero-order valence-corrected chi connectivity index (χ0v) is 7.07. The van der Waals surface area contributed by atoms with Crippen molar-refractivity contribution in [1.29, 1.82) is 0 Å². The largest absolute Gasteiger partial charge is 0.506 e. The van der Waals surface area contributed by atoms with Crippen molar-refractivity contribution in [2.75, 3.05) is 0 Å². The topological polar surface area (TPSA) is 33.1 Å². The summed E-state index contributed by atoms with van der Waals surface area (Å²) in [4.78, 5) is 4.13. The van der Waals surface area contributed by atoms with E-state index in [0.29, 0.717) is 0 Å². The number of para-hydroxylation sites is 1. The molecule has 0 radical (unpaired) electrons. The Morgan fingerprint density at radius 1 is 1.38 bits per heavy atom. The van der Waals surface area contributed by atoms with Gasteiger partial charge in [-0.15, -0.1) is 0 Å². The third-order valence-corrected chi connectivity index (χ3v) is 1.95. The molecule has 2 rings (SSSR count). The molecule has 0 amide bonds. The van der Waals surface area contributed by atoms with Crippen LogP contribution >= 0.6 is 0 Å². The van der Waals surface area contributed by atoms with Crippen LogP contribution in [-0.2, 0) is 0 Å². The third kappa shape index (κ3) is 1.26. The fourth-order valence-electron chi connectivity index (χ4n) is 1.34. The lowest BCUT2D eigenvalue weighted by molar-refractivity contribution is 0.474. The highest BCUT2D eigenvalue weighted by atomic mass is 16.3. The minimum atomic E-state index is 0.189. The van der Waals surface area contributed by atoms with Gasteiger partial charge in [0.25, 0.3) is 0 Å². The van der Waals surface area contributed by atoms with Gasteiger partial charge in [0.05, 0.1) is 11.7 Å². The number of benzene rings is 1. The number of rotatable bonds is 1. The van der Waals surface area contributed by atoms with E-state index >= 15 is 0 Å². The van der Waals surface area contributed by atoms with Crippen LogP contribution in [0.3, 0.4) is 0 Å². The second-order valence-corrected chi connectivity index (χ2v) is 2.82. The molecule has 0 saturated heterocycles. The van der Waals surface area contributed by atoms with E-state index in [1.807, 2.05) is 18.2 Å². The Bertz CT molecular complexity index is 463. The molecule has 0 aliphatic carbocycles. The highest BCUT2D eigenvalue weighted by molar-refractivity contribution is 5.87. The lowest BCUT2D eigenvalue weighted by Crippen LogP contribution is -1.81. The zero-order valence-electron chi connectivity index (χ0n) is 7.07. The van der Waals surface area contributed by atoms with Crippen molar-refractivity contribution in [2.45, 2.75) is 0 Å². The van der Waals surface area contributed by atoms with Crippen LogP contribution in [0, 0.1) is 0 Å². The first-order valence-corrected chi connectivity index (χ1v) is 4.01. The van der Waals surface area contributed by atoms with Gasteiger partial charge in [0.15, 0.2) is 0 Å². The number of hydrogen-bond acceptors (Lipinski definition) is 2. The van der Waals surface area contributed by atoms with Crippen molar-refractivity contribution in [3.05, 3.63) is 42.6 Å². The highest BCUT2D eigenvalue weighted by Gasteiger charge is 1.99. The molecule has 0 aliphatic rings. The summed E-state index contributed by atoms with van der Waals surface area (Å²) in [5.41, 5.74) is 1.85. The standard InChI is InChI=1S/C11H9NO/c1-2-8-4-3-5-9-6-10(13)7-12-11(8)9/h2-7,13H,1H2. The smallest absolute Gasteiger partial charge is 0.134 e. The quantitative estimate of drug-likeness (QED) is 0.715. The molecule has 0 spiro atoms. The van der Waals surface area contributed by atoms with Crippen molar-refractivity contribution in [3.63, 3.8) is 0 Å². The summed E-state index contributed by atoms with van der Waals surface area (Å²) in [6.07, 6.45) is 3.20. The molecule has 0 aliphatic heterocycles. The molecular formula is C11H9NO. The van der Waals surface area contributed by atoms with Gasteiger partial charge in [-0.25, -0.2) is 0 Å². The van der Waals surface area contributed by atoms with Gasteiger partial charge in [0.1, 0.15) is 5.75 Å². The van der Waals surface area contributed by atoms with Gasteiger partial charge in [-0.2, -0.15) is 0 Å². The maximum Gasteiger partial charge on any atom is 0.134 e. The first kappa shape index (κ1) is 7.80. The van der Waals surface area contributed by atoms with Crippen molar-refractivity contribution < 1.29 is 5.11 Å². The average molecular weight is 171 g/mol. The Kier molecular flexibility index (Phi) is 1.74. The van der Waals surface area contributed by atoms with Crippen LogP contribution in [0.25, 0.3) is 17.0 Å². The Labute approximate surface area is 76.2 Å². The number of pyridine rings is 1. The molecule has 2 aromatic rings. The van der Waals surface area contributed by atoms with E-state index in [4.69, 9.17) is 0 Å². The Morgan fingerprint density at radius 2 is 2.23 bits per heavy atom. The molecule has 0 bridgehead atoms. The molecule has 1 N–H and O–H groups in total. The highest BCUT2D eigenvalue weighted by Crippen LogP contribution is 2.20. The Morgan fingerprint density at radius 3 is 3.00 bits per heavy atom. The maximum absolute atomic E-state index is 9.21. The van der Waals surface area contributed by atoms with E-state index in [-0.39, 0.29) is 5.75 Å². The van der Waals surface area contributed by atoms with Crippen LogP contribution in [0.15, 0.2) is 37.0 Å². The van der Waals surface area contributed by atoms with Crippen LogP contribution in [0.5, 0.6) is 5.75 Å². The first-order valence-electron chi connectivity index (χ1n) is 4.01. The van der Waals surface area contributed by atoms with Gasteiger partial charge >= 0.3 is 0 Å². The summed E-state index contributed by atoms with van der Waals surface area (Å²) in [5.74, 6) is 0.189. The van der Waals surface area contributed by atoms with Crippen molar-refractivity contribution in [2.24, 2.45) is 0 Å². The predicted octanol–water partition coefficient (Wildman–Crippen LogP) is 2.58. The number of aromatic nitrogens is 1. The van der Waals surface area contributed by atoms with E-state index in [2.05, 4.69) is 11.6 Å². The van der Waals surface area contributed by atoms with Crippen molar-refractivity contribution in [3.8, 4) is 5.75 Å². The Hall–Kier alpha value is -1.83. The average Bonchev–Trinajstić information content (AvgIpc) is 2.16. The number of aromatic hydroxyl groups is 1. The molecule has 0 unspecified atom stereocenters. The molecule has 1 heterocycles. The van der Waals surface area contributed by atoms with Crippen LogP contribution < -0.4 is 0 Å². The van der Waals surface area contributed by atoms with Crippen molar-refractivity contribution in [1.82, 2.24) is 4.98 Å². The Balaban J connectivity index is 2.84. The second kappa shape index (κ2) is 2.90. The molecule has 0 saturated carbocycles. The molecule has 2 nitrogen and oxygen atoms in total. The van der Waals surface area contributed by atoms with Crippen molar-refractivity contribution >= 4 is 17.0 Å². The lowest BCUT2D eigenvalue weighted by atomic mass is 10.1. The van der Waals surface area contributed by atoms with E-state index < -0.39 is 0 Å². The number of nitrogens with zero attached hydrogens (tertiary/aromatic N) is 1. The summed E-state index contributed by atoms with van der Waals surface area (Å²) in [5, 5.41) is 10.1. The van der Waals surface area contributed by atoms with E-state index in [9.17, 15) is 5.11 Å². The summed E-state index contributed by atoms with van der Waals surface area (Å²) in [6, 6.07) is 7.46. The molecule has 0 fully saturated rings. The molecular weight excluding hydrogens is 162 g/mol. The van der Waals surface area contributed by atoms with Crippen LogP contribution in [0.2, 0.25) is 0 Å². The van der Waals surface area contributed by atoms with E-state index in [1.54, 1.807) is 12.1 Å². The van der Waals surface area contributed by atoms with Gasteiger partial charge in [-0.1, -0.05) is 30.9 Å². The fraction of sp³-hybridized carbons (Fsp3) is 0. The van der Waals surface area contributed by atoms with E-state index in [1.165, 1.54) is 6.20 Å². The first-order chi connectivity index (χ1) is 6.31. The third-order valence-electron chi connectivity index (χ3n) is 1.95. The molecule has 1 aromatic heterocycles. The SMILES string of the molecule is C=Cc1cccc2cc(O)cnc12. The maximum atomic E-state index is 9.21. The van der Waals surface area contributed by atoms with Gasteiger partial charge in [-0.05, 0) is 6.07 Å². The molecule has 1 aromatic carbocycles. The molecule has 13 heavy (non-hydrogen) atoms. The molecule has 2 heteroatoms. The van der Waals surface area contributed by atoms with Crippen LogP contribution in [0.1, 0.15) is 5.56 Å². The molecule has 64 valence electrons. The summed E-state index contributed by atoms with van der Waals surface area (Å²) in [7, 11) is 0. The summed E-state index contributed by atoms with van der Waals surface area (Å²) >= 11 is 0. The van der Waals surface area contributed by atoms with Gasteiger partial charge in [-0.3, -0.25) is 4.98 Å². The monoisotopic (exact) mass is 171 g/mol. The summed E-state index contributed by atoms with van der Waals surface area (Å²) in [6.45, 7) is 3.70. The fourth-order valence-corrected chi connectivity index (χ4v) is 1.34. The van der Waals surface area contributed by atoms with Gasteiger partial charge in [0, 0.05) is 10.9 Å². The van der Waals surface area contributed by atoms with E-state index in [0.717, 1.165) is 16.5 Å². The van der Waals surface area contributed by atoms with Gasteiger partial charge in [0.2, 0.25) is 0 Å². The van der Waals surface area contributed by atoms with Gasteiger partial charge < -0.3 is 5.11 Å². The summed E-state index contributed by atoms with van der Waals surface area (Å²) < 4.78 is 0. The lowest BCUT2D eigenvalue weighted by Gasteiger charge is -2.00. The normalized spacial score (nSPS) is 10.2. The predicted molar refractivity (Wildman–Crippen MR) is 53.5 cm³/mol. The number of hydrogen-bond donors (Lipinski definition) is 1. The minimum absolute atomic E-state index is 0.189. The minimum Gasteiger partial charge on any atom is -0.506 e.